The van der Waals surface area contributed by atoms with E-state index in [1.165, 1.54) is 4.88 Å². The first-order valence-corrected chi connectivity index (χ1v) is 6.96. The quantitative estimate of drug-likeness (QED) is 0.735. The van der Waals surface area contributed by atoms with Gasteiger partial charge in [0.25, 0.3) is 0 Å². The Labute approximate surface area is 111 Å². The van der Waals surface area contributed by atoms with Crippen LogP contribution in [0.1, 0.15) is 28.6 Å². The number of carbonyl (C=O) groups is 1. The summed E-state index contributed by atoms with van der Waals surface area (Å²) in [4.78, 5) is 12.8. The van der Waals surface area contributed by atoms with Crippen molar-refractivity contribution in [2.75, 3.05) is 6.61 Å². The van der Waals surface area contributed by atoms with E-state index in [0.717, 1.165) is 17.7 Å². The third-order valence-electron chi connectivity index (χ3n) is 2.69. The van der Waals surface area contributed by atoms with E-state index in [2.05, 4.69) is 11.4 Å². The van der Waals surface area contributed by atoms with Crippen molar-refractivity contribution in [1.29, 1.82) is 0 Å². The van der Waals surface area contributed by atoms with Gasteiger partial charge in [0.2, 0.25) is 0 Å². The highest BCUT2D eigenvalue weighted by Gasteiger charge is 2.02. The van der Waals surface area contributed by atoms with Gasteiger partial charge in [-0.1, -0.05) is 13.0 Å². The highest BCUT2D eigenvalue weighted by molar-refractivity contribution is 7.09. The van der Waals surface area contributed by atoms with E-state index >= 15 is 0 Å². The Kier molecular flexibility index (Phi) is 4.53. The fraction of sp³-hybridized carbons (Fsp3) is 0.267. The Hall–Kier alpha value is -1.61. The van der Waals surface area contributed by atoms with Crippen LogP contribution in [0.2, 0.25) is 0 Å². The molecular weight excluding hydrogens is 244 g/mol. The molecule has 3 heteroatoms. The maximum atomic E-state index is 11.5. The Morgan fingerprint density at radius 1 is 1.22 bits per heavy atom. The van der Waals surface area contributed by atoms with Gasteiger partial charge in [0, 0.05) is 23.3 Å². The number of rotatable bonds is 6. The fourth-order valence-electron chi connectivity index (χ4n) is 1.67. The predicted molar refractivity (Wildman–Crippen MR) is 74.6 cm³/mol. The highest BCUT2D eigenvalue weighted by atomic mass is 32.1. The van der Waals surface area contributed by atoms with Crippen molar-refractivity contribution >= 4 is 17.1 Å². The van der Waals surface area contributed by atoms with E-state index in [1.807, 2.05) is 37.3 Å². The molecule has 1 aromatic heterocycles. The monoisotopic (exact) mass is 260 g/mol. The molecule has 0 saturated heterocycles. The minimum absolute atomic E-state index is 0.167. The molecule has 1 aromatic carbocycles. The predicted octanol–water partition coefficient (Wildman–Crippen LogP) is 3.96. The van der Waals surface area contributed by atoms with Crippen LogP contribution in [0.15, 0.2) is 41.8 Å². The second-order valence-electron chi connectivity index (χ2n) is 3.98. The number of ether oxygens (including phenoxy) is 1. The van der Waals surface area contributed by atoms with E-state index < -0.39 is 0 Å². The average Bonchev–Trinajstić information content (AvgIpc) is 2.92. The first-order valence-electron chi connectivity index (χ1n) is 6.08. The second-order valence-corrected chi connectivity index (χ2v) is 5.01. The minimum atomic E-state index is 0.167. The van der Waals surface area contributed by atoms with Gasteiger partial charge in [-0.3, -0.25) is 4.79 Å². The largest absolute Gasteiger partial charge is 0.493 e. The molecule has 0 fully saturated rings. The standard InChI is InChI=1S/C15H16O2S/c1-2-15(16)12-5-7-13(8-6-12)17-10-9-14-4-3-11-18-14/h3-8,11H,2,9-10H2,1H3. The van der Waals surface area contributed by atoms with Gasteiger partial charge >= 0.3 is 0 Å². The molecule has 2 rings (SSSR count). The number of benzene rings is 1. The summed E-state index contributed by atoms with van der Waals surface area (Å²) in [5.74, 6) is 0.986. The number of carbonyl (C=O) groups excluding carboxylic acids is 1. The molecule has 2 aromatic rings. The number of hydrogen-bond acceptors (Lipinski definition) is 3. The van der Waals surface area contributed by atoms with Crippen LogP contribution in [0.3, 0.4) is 0 Å². The molecule has 0 amide bonds. The molecule has 94 valence electrons. The molecule has 0 aliphatic heterocycles. The van der Waals surface area contributed by atoms with Gasteiger partial charge in [-0.15, -0.1) is 11.3 Å². The van der Waals surface area contributed by atoms with Crippen molar-refractivity contribution in [3.8, 4) is 5.75 Å². The first-order chi connectivity index (χ1) is 8.79. The van der Waals surface area contributed by atoms with Crippen molar-refractivity contribution in [3.05, 3.63) is 52.2 Å². The summed E-state index contributed by atoms with van der Waals surface area (Å²) in [6, 6.07) is 11.5. The summed E-state index contributed by atoms with van der Waals surface area (Å²) >= 11 is 1.74. The van der Waals surface area contributed by atoms with Gasteiger partial charge in [-0.2, -0.15) is 0 Å². The van der Waals surface area contributed by atoms with Crippen molar-refractivity contribution in [3.63, 3.8) is 0 Å². The molecule has 0 N–H and O–H groups in total. The first kappa shape index (κ1) is 12.8. The summed E-state index contributed by atoms with van der Waals surface area (Å²) in [6.45, 7) is 2.54. The van der Waals surface area contributed by atoms with Crippen LogP contribution in [-0.2, 0) is 6.42 Å². The number of thiophene rings is 1. The zero-order chi connectivity index (χ0) is 12.8. The van der Waals surface area contributed by atoms with Crippen LogP contribution in [0, 0.1) is 0 Å². The van der Waals surface area contributed by atoms with E-state index in [0.29, 0.717) is 13.0 Å². The summed E-state index contributed by atoms with van der Waals surface area (Å²) in [7, 11) is 0. The Balaban J connectivity index is 1.85. The topological polar surface area (TPSA) is 26.3 Å². The van der Waals surface area contributed by atoms with Crippen molar-refractivity contribution in [2.24, 2.45) is 0 Å². The molecule has 1 heterocycles. The lowest BCUT2D eigenvalue weighted by Crippen LogP contribution is -2.01. The van der Waals surface area contributed by atoms with E-state index in [-0.39, 0.29) is 5.78 Å². The summed E-state index contributed by atoms with van der Waals surface area (Å²) < 4.78 is 5.64. The van der Waals surface area contributed by atoms with Crippen LogP contribution in [0.25, 0.3) is 0 Å². The Morgan fingerprint density at radius 2 is 2.00 bits per heavy atom. The molecular formula is C15H16O2S. The molecule has 0 radical (unpaired) electrons. The number of Topliss-reactive ketones (excluding diaryl/α,β-unsaturated/α-hetero) is 1. The second kappa shape index (κ2) is 6.36. The van der Waals surface area contributed by atoms with E-state index in [4.69, 9.17) is 4.74 Å². The molecule has 0 unspecified atom stereocenters. The lowest BCUT2D eigenvalue weighted by Gasteiger charge is -2.05. The van der Waals surface area contributed by atoms with Crippen molar-refractivity contribution < 1.29 is 9.53 Å². The fourth-order valence-corrected chi connectivity index (χ4v) is 2.36. The molecule has 0 atom stereocenters. The van der Waals surface area contributed by atoms with Crippen molar-refractivity contribution in [1.82, 2.24) is 0 Å². The summed E-state index contributed by atoms with van der Waals surface area (Å²) in [6.07, 6.45) is 1.46. The van der Waals surface area contributed by atoms with Gasteiger partial charge in [-0.05, 0) is 35.7 Å². The van der Waals surface area contributed by atoms with Gasteiger partial charge in [0.1, 0.15) is 5.75 Å². The van der Waals surface area contributed by atoms with Crippen LogP contribution in [0.5, 0.6) is 5.75 Å². The van der Waals surface area contributed by atoms with E-state index in [9.17, 15) is 4.79 Å². The molecule has 0 spiro atoms. The molecule has 0 aliphatic rings. The lowest BCUT2D eigenvalue weighted by atomic mass is 10.1. The smallest absolute Gasteiger partial charge is 0.162 e. The Bertz CT molecular complexity index is 486. The number of ketones is 1. The summed E-state index contributed by atoms with van der Waals surface area (Å²) in [5.41, 5.74) is 0.753. The van der Waals surface area contributed by atoms with Gasteiger partial charge < -0.3 is 4.74 Å². The van der Waals surface area contributed by atoms with Gasteiger partial charge in [0.15, 0.2) is 5.78 Å². The van der Waals surface area contributed by atoms with Crippen molar-refractivity contribution in [2.45, 2.75) is 19.8 Å². The zero-order valence-corrected chi connectivity index (χ0v) is 11.2. The lowest BCUT2D eigenvalue weighted by molar-refractivity contribution is 0.0988. The molecule has 18 heavy (non-hydrogen) atoms. The summed E-state index contributed by atoms with van der Waals surface area (Å²) in [5, 5.41) is 2.07. The maximum absolute atomic E-state index is 11.5. The van der Waals surface area contributed by atoms with Gasteiger partial charge in [0.05, 0.1) is 6.61 Å². The Morgan fingerprint density at radius 3 is 2.61 bits per heavy atom. The minimum Gasteiger partial charge on any atom is -0.493 e. The zero-order valence-electron chi connectivity index (χ0n) is 10.4. The molecule has 0 bridgehead atoms. The van der Waals surface area contributed by atoms with Crippen LogP contribution >= 0.6 is 11.3 Å². The SMILES string of the molecule is CCC(=O)c1ccc(OCCc2cccs2)cc1. The normalized spacial score (nSPS) is 10.3. The van der Waals surface area contributed by atoms with Crippen LogP contribution in [-0.4, -0.2) is 12.4 Å². The average molecular weight is 260 g/mol. The molecule has 0 aliphatic carbocycles. The van der Waals surface area contributed by atoms with E-state index in [1.54, 1.807) is 11.3 Å². The van der Waals surface area contributed by atoms with Gasteiger partial charge in [-0.25, -0.2) is 0 Å². The third kappa shape index (κ3) is 3.44. The highest BCUT2D eigenvalue weighted by Crippen LogP contribution is 2.15. The number of hydrogen-bond donors (Lipinski definition) is 0. The maximum Gasteiger partial charge on any atom is 0.162 e. The molecule has 2 nitrogen and oxygen atoms in total. The molecule has 0 saturated carbocycles. The third-order valence-corrected chi connectivity index (χ3v) is 3.63. The van der Waals surface area contributed by atoms with Crippen LogP contribution in [0.4, 0.5) is 0 Å². The van der Waals surface area contributed by atoms with Crippen LogP contribution < -0.4 is 4.74 Å².